The van der Waals surface area contributed by atoms with Crippen molar-refractivity contribution in [3.05, 3.63) is 119 Å². The summed E-state index contributed by atoms with van der Waals surface area (Å²) in [5.74, 6) is -1.57. The number of para-hydroxylation sites is 1. The summed E-state index contributed by atoms with van der Waals surface area (Å²) in [5, 5.41) is 17.5. The molecule has 10 nitrogen and oxygen atoms in total. The number of carbonyl (C=O) groups excluding carboxylic acids is 3. The average Bonchev–Trinajstić information content (AvgIpc) is 3.04. The maximum atomic E-state index is 13.5. The van der Waals surface area contributed by atoms with Gasteiger partial charge >= 0.3 is 5.97 Å². The van der Waals surface area contributed by atoms with Gasteiger partial charge in [-0.3, -0.25) is 14.4 Å². The molecule has 0 aromatic heterocycles. The molecule has 4 N–H and O–H groups in total. The first-order valence-corrected chi connectivity index (χ1v) is 14.6. The number of rotatable bonds is 12. The highest BCUT2D eigenvalue weighted by atomic mass is 32.2. The first kappa shape index (κ1) is 32.4. The lowest BCUT2D eigenvalue weighted by Gasteiger charge is -2.14. The standard InChI is InChI=1S/C34H31N3O7S/c1-21-15-16-24(34(41)42)18-27(21)36-30(38)20-45-26-13-8-12-25(19-26)35-33(40)28(37-32(39)22-9-5-4-6-10-22)17-23-11-7-14-29(43-2)31(23)44-3/h4-19H,20H2,1-3H3,(H,35,40)(H,36,38)(H,37,39)(H,41,42)/b28-17+. The summed E-state index contributed by atoms with van der Waals surface area (Å²) in [5.41, 5.74) is 2.51. The second-order valence-electron chi connectivity index (χ2n) is 9.61. The Morgan fingerprint density at radius 1 is 0.822 bits per heavy atom. The van der Waals surface area contributed by atoms with Crippen LogP contribution >= 0.6 is 11.8 Å². The van der Waals surface area contributed by atoms with Crippen LogP contribution in [-0.2, 0) is 9.59 Å². The predicted octanol–water partition coefficient (Wildman–Crippen LogP) is 5.85. The highest BCUT2D eigenvalue weighted by molar-refractivity contribution is 8.00. The van der Waals surface area contributed by atoms with Gasteiger partial charge < -0.3 is 30.5 Å². The van der Waals surface area contributed by atoms with Gasteiger partial charge in [0.05, 0.1) is 25.5 Å². The van der Waals surface area contributed by atoms with Crippen molar-refractivity contribution in [2.24, 2.45) is 0 Å². The quantitative estimate of drug-likeness (QED) is 0.113. The molecule has 4 aromatic carbocycles. The van der Waals surface area contributed by atoms with Gasteiger partial charge in [-0.25, -0.2) is 4.79 Å². The van der Waals surface area contributed by atoms with Crippen LogP contribution in [0.5, 0.6) is 11.5 Å². The van der Waals surface area contributed by atoms with Crippen LogP contribution in [0.15, 0.2) is 102 Å². The van der Waals surface area contributed by atoms with E-state index in [0.29, 0.717) is 38.9 Å². The number of aryl methyl sites for hydroxylation is 1. The summed E-state index contributed by atoms with van der Waals surface area (Å²) in [4.78, 5) is 51.2. The number of methoxy groups -OCH3 is 2. The Balaban J connectivity index is 1.51. The fourth-order valence-electron chi connectivity index (χ4n) is 4.21. The van der Waals surface area contributed by atoms with Crippen molar-refractivity contribution in [1.82, 2.24) is 5.32 Å². The molecule has 230 valence electrons. The number of thioether (sulfide) groups is 1. The van der Waals surface area contributed by atoms with Crippen LogP contribution in [0.25, 0.3) is 6.08 Å². The van der Waals surface area contributed by atoms with Gasteiger partial charge in [0.2, 0.25) is 5.91 Å². The Bertz CT molecular complexity index is 1760. The van der Waals surface area contributed by atoms with Gasteiger partial charge in [0.1, 0.15) is 5.70 Å². The summed E-state index contributed by atoms with van der Waals surface area (Å²) in [7, 11) is 2.98. The molecule has 0 fully saturated rings. The van der Waals surface area contributed by atoms with Crippen LogP contribution in [-0.4, -0.2) is 48.8 Å². The Morgan fingerprint density at radius 2 is 1.58 bits per heavy atom. The summed E-state index contributed by atoms with van der Waals surface area (Å²) in [6.45, 7) is 1.77. The highest BCUT2D eigenvalue weighted by Crippen LogP contribution is 2.32. The highest BCUT2D eigenvalue weighted by Gasteiger charge is 2.18. The van der Waals surface area contributed by atoms with Crippen molar-refractivity contribution in [3.8, 4) is 11.5 Å². The van der Waals surface area contributed by atoms with Gasteiger partial charge in [-0.15, -0.1) is 11.8 Å². The summed E-state index contributed by atoms with van der Waals surface area (Å²) in [6.07, 6.45) is 1.50. The zero-order valence-corrected chi connectivity index (χ0v) is 25.6. The van der Waals surface area contributed by atoms with E-state index in [1.165, 1.54) is 44.2 Å². The molecule has 0 saturated heterocycles. The lowest BCUT2D eigenvalue weighted by molar-refractivity contribution is -0.114. The van der Waals surface area contributed by atoms with Crippen molar-refractivity contribution in [3.63, 3.8) is 0 Å². The number of aromatic carboxylic acids is 1. The van der Waals surface area contributed by atoms with E-state index < -0.39 is 17.8 Å². The molecule has 0 aliphatic heterocycles. The Labute approximate surface area is 264 Å². The fourth-order valence-corrected chi connectivity index (χ4v) is 4.97. The zero-order valence-electron chi connectivity index (χ0n) is 24.7. The number of ether oxygens (including phenoxy) is 2. The van der Waals surface area contributed by atoms with Gasteiger partial charge in [0, 0.05) is 27.4 Å². The third-order valence-corrected chi connectivity index (χ3v) is 7.48. The SMILES string of the molecule is COc1cccc(/C=C(/NC(=O)c2ccccc2)C(=O)Nc2cccc(SCC(=O)Nc3cc(C(=O)O)ccc3C)c2)c1OC. The molecule has 0 saturated carbocycles. The lowest BCUT2D eigenvalue weighted by atomic mass is 10.1. The maximum absolute atomic E-state index is 13.5. The Kier molecular flexibility index (Phi) is 11.0. The Hall–Kier alpha value is -5.55. The van der Waals surface area contributed by atoms with E-state index in [0.717, 1.165) is 5.56 Å². The molecule has 0 bridgehead atoms. The van der Waals surface area contributed by atoms with Crippen molar-refractivity contribution >= 4 is 52.9 Å². The van der Waals surface area contributed by atoms with Crippen LogP contribution in [0.1, 0.15) is 31.8 Å². The van der Waals surface area contributed by atoms with E-state index in [1.807, 2.05) is 0 Å². The van der Waals surface area contributed by atoms with Crippen LogP contribution in [0.2, 0.25) is 0 Å². The minimum Gasteiger partial charge on any atom is -0.493 e. The zero-order chi connectivity index (χ0) is 32.3. The van der Waals surface area contributed by atoms with Crippen molar-refractivity contribution in [1.29, 1.82) is 0 Å². The topological polar surface area (TPSA) is 143 Å². The van der Waals surface area contributed by atoms with E-state index in [2.05, 4.69) is 16.0 Å². The Morgan fingerprint density at radius 3 is 2.29 bits per heavy atom. The molecule has 3 amide bonds. The molecule has 0 spiro atoms. The number of benzene rings is 4. The average molecular weight is 626 g/mol. The number of amides is 3. The number of hydrogen-bond acceptors (Lipinski definition) is 7. The fraction of sp³-hybridized carbons (Fsp3) is 0.118. The van der Waals surface area contributed by atoms with Crippen LogP contribution in [0.4, 0.5) is 11.4 Å². The first-order valence-electron chi connectivity index (χ1n) is 13.7. The smallest absolute Gasteiger partial charge is 0.335 e. The van der Waals surface area contributed by atoms with Gasteiger partial charge in [-0.1, -0.05) is 42.5 Å². The van der Waals surface area contributed by atoms with Gasteiger partial charge in [0.15, 0.2) is 11.5 Å². The number of hydrogen-bond donors (Lipinski definition) is 4. The molecule has 0 aliphatic rings. The first-order chi connectivity index (χ1) is 21.7. The largest absolute Gasteiger partial charge is 0.493 e. The normalized spacial score (nSPS) is 10.9. The maximum Gasteiger partial charge on any atom is 0.335 e. The van der Waals surface area contributed by atoms with Gasteiger partial charge in [0.25, 0.3) is 11.8 Å². The van der Waals surface area contributed by atoms with Gasteiger partial charge in [-0.2, -0.15) is 0 Å². The molecule has 0 unspecified atom stereocenters. The minimum atomic E-state index is -1.08. The van der Waals surface area contributed by atoms with E-state index in [-0.39, 0.29) is 22.9 Å². The van der Waals surface area contributed by atoms with Crippen LogP contribution in [0.3, 0.4) is 0 Å². The molecule has 4 aromatic rings. The molecule has 11 heteroatoms. The third-order valence-electron chi connectivity index (χ3n) is 6.48. The lowest BCUT2D eigenvalue weighted by Crippen LogP contribution is -2.30. The molecule has 0 heterocycles. The number of anilines is 2. The van der Waals surface area contributed by atoms with Crippen molar-refractivity contribution < 1.29 is 33.8 Å². The number of nitrogens with one attached hydrogen (secondary N) is 3. The molecule has 4 rings (SSSR count). The van der Waals surface area contributed by atoms with E-state index in [4.69, 9.17) is 9.47 Å². The second-order valence-corrected chi connectivity index (χ2v) is 10.7. The van der Waals surface area contributed by atoms with Crippen molar-refractivity contribution in [2.45, 2.75) is 11.8 Å². The summed E-state index contributed by atoms with van der Waals surface area (Å²) >= 11 is 1.24. The summed E-state index contributed by atoms with van der Waals surface area (Å²) < 4.78 is 10.9. The van der Waals surface area contributed by atoms with E-state index in [1.54, 1.807) is 85.8 Å². The molecule has 0 atom stereocenters. The van der Waals surface area contributed by atoms with Crippen molar-refractivity contribution in [2.75, 3.05) is 30.6 Å². The third kappa shape index (κ3) is 8.74. The molecular formula is C34H31N3O7S. The monoisotopic (exact) mass is 625 g/mol. The number of carboxylic acid groups (broad SMARTS) is 1. The molecular weight excluding hydrogens is 594 g/mol. The van der Waals surface area contributed by atoms with Crippen LogP contribution < -0.4 is 25.4 Å². The van der Waals surface area contributed by atoms with Gasteiger partial charge in [-0.05, 0) is 67.1 Å². The minimum absolute atomic E-state index is 0.0354. The molecule has 0 aliphatic carbocycles. The number of carbonyl (C=O) groups is 4. The molecule has 45 heavy (non-hydrogen) atoms. The van der Waals surface area contributed by atoms with E-state index in [9.17, 15) is 24.3 Å². The predicted molar refractivity (Wildman–Crippen MR) is 174 cm³/mol. The summed E-state index contributed by atoms with van der Waals surface area (Å²) in [6, 6.07) is 25.1. The van der Waals surface area contributed by atoms with E-state index >= 15 is 0 Å². The van der Waals surface area contributed by atoms with Crippen LogP contribution in [0, 0.1) is 6.92 Å². The number of carboxylic acids is 1. The molecule has 0 radical (unpaired) electrons. The second kappa shape index (κ2) is 15.3.